The van der Waals surface area contributed by atoms with Gasteiger partial charge in [0.2, 0.25) is 0 Å². The standard InChI is InChI=1S/C18H21N3O4S/c1-5-24-15(22)13(9-12-7-6-8-19-10-12)14-11-26-16(20-14)21-17(23)25-18(2,3)4/h6-11H,5H2,1-4H3,(H,20,21,23)/b13-9-. The third-order valence-corrected chi connectivity index (χ3v) is 3.64. The molecule has 1 N–H and O–H groups in total. The maximum atomic E-state index is 12.3. The molecule has 0 spiro atoms. The molecule has 0 aliphatic rings. The van der Waals surface area contributed by atoms with Crippen molar-refractivity contribution >= 4 is 40.2 Å². The fourth-order valence-corrected chi connectivity index (χ4v) is 2.62. The SMILES string of the molecule is CCOC(=O)/C(=C\c1cccnc1)c1csc(NC(=O)OC(C)(C)C)n1. The molecule has 26 heavy (non-hydrogen) atoms. The molecule has 138 valence electrons. The number of carbonyl (C=O) groups excluding carboxylic acids is 2. The number of aromatic nitrogens is 2. The number of thiazole rings is 1. The smallest absolute Gasteiger partial charge is 0.413 e. The zero-order valence-corrected chi connectivity index (χ0v) is 15.9. The number of pyridine rings is 1. The number of carbonyl (C=O) groups is 2. The van der Waals surface area contributed by atoms with E-state index in [0.717, 1.165) is 5.56 Å². The highest BCUT2D eigenvalue weighted by atomic mass is 32.1. The van der Waals surface area contributed by atoms with E-state index in [1.54, 1.807) is 57.6 Å². The van der Waals surface area contributed by atoms with Crippen molar-refractivity contribution in [3.05, 3.63) is 41.2 Å². The van der Waals surface area contributed by atoms with Crippen LogP contribution >= 0.6 is 11.3 Å². The minimum Gasteiger partial charge on any atom is -0.462 e. The summed E-state index contributed by atoms with van der Waals surface area (Å²) in [4.78, 5) is 32.5. The van der Waals surface area contributed by atoms with E-state index in [-0.39, 0.29) is 12.2 Å². The number of rotatable bonds is 5. The maximum Gasteiger partial charge on any atom is 0.413 e. The average molecular weight is 375 g/mol. The quantitative estimate of drug-likeness (QED) is 0.628. The van der Waals surface area contributed by atoms with Gasteiger partial charge in [0.05, 0.1) is 17.9 Å². The summed E-state index contributed by atoms with van der Waals surface area (Å²) in [6, 6.07) is 3.59. The number of esters is 1. The summed E-state index contributed by atoms with van der Waals surface area (Å²) >= 11 is 1.19. The van der Waals surface area contributed by atoms with E-state index in [1.165, 1.54) is 11.3 Å². The maximum absolute atomic E-state index is 12.3. The molecular formula is C18H21N3O4S. The Balaban J connectivity index is 2.24. The Kier molecular flexibility index (Phi) is 6.46. The lowest BCUT2D eigenvalue weighted by Crippen LogP contribution is -2.27. The lowest BCUT2D eigenvalue weighted by Gasteiger charge is -2.18. The second kappa shape index (κ2) is 8.57. The average Bonchev–Trinajstić information content (AvgIpc) is 3.00. The molecule has 0 unspecified atom stereocenters. The third kappa shape index (κ3) is 5.96. The molecule has 0 aliphatic carbocycles. The Bertz CT molecular complexity index is 794. The van der Waals surface area contributed by atoms with Gasteiger partial charge in [0, 0.05) is 17.8 Å². The van der Waals surface area contributed by atoms with Gasteiger partial charge in [0.25, 0.3) is 0 Å². The highest BCUT2D eigenvalue weighted by molar-refractivity contribution is 7.14. The molecule has 2 aromatic rings. The second-order valence-electron chi connectivity index (χ2n) is 6.23. The number of ether oxygens (including phenoxy) is 2. The van der Waals surface area contributed by atoms with Gasteiger partial charge >= 0.3 is 12.1 Å². The van der Waals surface area contributed by atoms with Crippen LogP contribution in [0.1, 0.15) is 39.0 Å². The fourth-order valence-electron chi connectivity index (χ4n) is 1.92. The first-order valence-electron chi connectivity index (χ1n) is 8.03. The molecule has 2 heterocycles. The number of anilines is 1. The number of nitrogens with zero attached hydrogens (tertiary/aromatic N) is 2. The van der Waals surface area contributed by atoms with E-state index >= 15 is 0 Å². The first kappa shape index (κ1) is 19.6. The van der Waals surface area contributed by atoms with Crippen LogP contribution in [0.4, 0.5) is 9.93 Å². The van der Waals surface area contributed by atoms with Crippen LogP contribution in [0.25, 0.3) is 11.6 Å². The predicted molar refractivity (Wildman–Crippen MR) is 101 cm³/mol. The summed E-state index contributed by atoms with van der Waals surface area (Å²) < 4.78 is 10.3. The fraction of sp³-hybridized carbons (Fsp3) is 0.333. The van der Waals surface area contributed by atoms with Crippen molar-refractivity contribution in [1.29, 1.82) is 0 Å². The Labute approximate surface area is 156 Å². The molecule has 0 saturated heterocycles. The van der Waals surface area contributed by atoms with Gasteiger partial charge in [-0.3, -0.25) is 10.3 Å². The van der Waals surface area contributed by atoms with Gasteiger partial charge in [0.1, 0.15) is 5.60 Å². The van der Waals surface area contributed by atoms with Gasteiger partial charge < -0.3 is 9.47 Å². The summed E-state index contributed by atoms with van der Waals surface area (Å²) in [5, 5.41) is 4.56. The molecule has 0 saturated carbocycles. The molecule has 8 heteroatoms. The van der Waals surface area contributed by atoms with Crippen LogP contribution in [0, 0.1) is 0 Å². The molecule has 2 aromatic heterocycles. The molecule has 0 fully saturated rings. The Morgan fingerprint density at radius 3 is 2.73 bits per heavy atom. The topological polar surface area (TPSA) is 90.4 Å². The van der Waals surface area contributed by atoms with Crippen LogP contribution in [0.2, 0.25) is 0 Å². The van der Waals surface area contributed by atoms with Crippen molar-refractivity contribution in [2.45, 2.75) is 33.3 Å². The molecule has 0 aliphatic heterocycles. The zero-order valence-electron chi connectivity index (χ0n) is 15.1. The predicted octanol–water partition coefficient (Wildman–Crippen LogP) is 3.99. The van der Waals surface area contributed by atoms with E-state index in [1.807, 2.05) is 6.07 Å². The molecule has 7 nitrogen and oxygen atoms in total. The van der Waals surface area contributed by atoms with E-state index in [9.17, 15) is 9.59 Å². The van der Waals surface area contributed by atoms with Crippen molar-refractivity contribution in [2.75, 3.05) is 11.9 Å². The van der Waals surface area contributed by atoms with Crippen LogP contribution in [0.5, 0.6) is 0 Å². The molecule has 0 aromatic carbocycles. The van der Waals surface area contributed by atoms with Gasteiger partial charge in [0.15, 0.2) is 5.13 Å². The normalized spacial score (nSPS) is 11.8. The van der Waals surface area contributed by atoms with Crippen LogP contribution in [-0.2, 0) is 14.3 Å². The monoisotopic (exact) mass is 375 g/mol. The van der Waals surface area contributed by atoms with Crippen LogP contribution < -0.4 is 5.32 Å². The Morgan fingerprint density at radius 2 is 2.12 bits per heavy atom. The number of amides is 1. The summed E-state index contributed by atoms with van der Waals surface area (Å²) in [6.45, 7) is 7.30. The highest BCUT2D eigenvalue weighted by Crippen LogP contribution is 2.25. The molecule has 0 atom stereocenters. The number of hydrogen-bond donors (Lipinski definition) is 1. The molecule has 0 bridgehead atoms. The Hall–Kier alpha value is -2.74. The first-order valence-corrected chi connectivity index (χ1v) is 8.91. The van der Waals surface area contributed by atoms with E-state index in [2.05, 4.69) is 15.3 Å². The van der Waals surface area contributed by atoms with Gasteiger partial charge in [-0.2, -0.15) is 0 Å². The third-order valence-electron chi connectivity index (χ3n) is 2.88. The van der Waals surface area contributed by atoms with Crippen molar-refractivity contribution in [3.63, 3.8) is 0 Å². The Morgan fingerprint density at radius 1 is 1.35 bits per heavy atom. The molecule has 1 amide bonds. The summed E-state index contributed by atoms with van der Waals surface area (Å²) in [5.74, 6) is -0.495. The minimum atomic E-state index is -0.611. The van der Waals surface area contributed by atoms with Crippen LogP contribution in [-0.4, -0.2) is 34.2 Å². The van der Waals surface area contributed by atoms with Gasteiger partial charge in [-0.15, -0.1) is 11.3 Å². The van der Waals surface area contributed by atoms with Crippen molar-refractivity contribution in [1.82, 2.24) is 9.97 Å². The summed E-state index contributed by atoms with van der Waals surface area (Å²) in [5.41, 5.74) is 0.822. The van der Waals surface area contributed by atoms with E-state index in [4.69, 9.17) is 9.47 Å². The van der Waals surface area contributed by atoms with Gasteiger partial charge in [-0.05, 0) is 45.4 Å². The second-order valence-corrected chi connectivity index (χ2v) is 7.09. The minimum absolute atomic E-state index is 0.246. The lowest BCUT2D eigenvalue weighted by molar-refractivity contribution is -0.136. The van der Waals surface area contributed by atoms with Crippen LogP contribution in [0.3, 0.4) is 0 Å². The lowest BCUT2D eigenvalue weighted by atomic mass is 10.1. The molecular weight excluding hydrogens is 354 g/mol. The summed E-state index contributed by atoms with van der Waals surface area (Å²) in [6.07, 6.45) is 4.32. The van der Waals surface area contributed by atoms with E-state index < -0.39 is 17.7 Å². The number of nitrogens with one attached hydrogen (secondary N) is 1. The summed E-state index contributed by atoms with van der Waals surface area (Å²) in [7, 11) is 0. The van der Waals surface area contributed by atoms with E-state index in [0.29, 0.717) is 10.8 Å². The van der Waals surface area contributed by atoms with Gasteiger partial charge in [-0.1, -0.05) is 6.07 Å². The molecule has 0 radical (unpaired) electrons. The molecule has 2 rings (SSSR count). The van der Waals surface area contributed by atoms with Gasteiger partial charge in [-0.25, -0.2) is 14.6 Å². The largest absolute Gasteiger partial charge is 0.462 e. The van der Waals surface area contributed by atoms with Crippen LogP contribution in [0.15, 0.2) is 29.9 Å². The zero-order chi connectivity index (χ0) is 19.2. The van der Waals surface area contributed by atoms with Crippen molar-refractivity contribution in [3.8, 4) is 0 Å². The highest BCUT2D eigenvalue weighted by Gasteiger charge is 2.20. The van der Waals surface area contributed by atoms with Crippen molar-refractivity contribution < 1.29 is 19.1 Å². The number of hydrogen-bond acceptors (Lipinski definition) is 7. The first-order chi connectivity index (χ1) is 12.3. The van der Waals surface area contributed by atoms with Crippen molar-refractivity contribution in [2.24, 2.45) is 0 Å².